The normalized spacial score (nSPS) is 12.6. The molecule has 6 aromatic rings. The summed E-state index contributed by atoms with van der Waals surface area (Å²) in [5.41, 5.74) is 16.6. The maximum atomic E-state index is 4.12. The van der Waals surface area contributed by atoms with Crippen LogP contribution in [0.3, 0.4) is 0 Å². The zero-order chi connectivity index (χ0) is 38.2. The zero-order valence-corrected chi connectivity index (χ0v) is 36.4. The predicted molar refractivity (Wildman–Crippen MR) is 242 cm³/mol. The molecule has 6 aromatic carbocycles. The summed E-state index contributed by atoms with van der Waals surface area (Å²) in [4.78, 5) is 0. The van der Waals surface area contributed by atoms with Gasteiger partial charge in [-0.3, -0.25) is 0 Å². The van der Waals surface area contributed by atoms with Gasteiger partial charge in [0.1, 0.15) is 16.1 Å². The van der Waals surface area contributed by atoms with Gasteiger partial charge in [0.2, 0.25) is 0 Å². The summed E-state index contributed by atoms with van der Waals surface area (Å²) < 4.78 is 0. The summed E-state index contributed by atoms with van der Waals surface area (Å²) in [6.45, 7) is 28.9. The number of rotatable bonds is 8. The van der Waals surface area contributed by atoms with Crippen LogP contribution in [0.5, 0.6) is 0 Å². The molecule has 0 aliphatic heterocycles. The van der Waals surface area contributed by atoms with E-state index < -0.39 is 16.1 Å². The number of fused-ring (bicyclic) bond motifs is 4. The van der Waals surface area contributed by atoms with E-state index in [9.17, 15) is 0 Å². The number of hydrogen-bond acceptors (Lipinski definition) is 0. The average Bonchev–Trinajstić information content (AvgIpc) is 3.10. The third-order valence-electron chi connectivity index (χ3n) is 12.8. The van der Waals surface area contributed by atoms with Gasteiger partial charge in [0, 0.05) is 11.1 Å². The molecule has 0 saturated heterocycles. The molecule has 6 rings (SSSR count). The molecule has 0 atom stereocenters. The van der Waals surface area contributed by atoms with Gasteiger partial charge in [-0.05, 0) is 112 Å². The molecular weight excluding hydrogens is 669 g/mol. The van der Waals surface area contributed by atoms with Gasteiger partial charge in [0.05, 0.1) is 0 Å². The van der Waals surface area contributed by atoms with Crippen molar-refractivity contribution in [2.45, 2.75) is 123 Å². The predicted octanol–water partition coefficient (Wildman–Crippen LogP) is 15.0. The number of hydrogen-bond donors (Lipinski definition) is 0. The summed E-state index contributed by atoms with van der Waals surface area (Å²) in [5.74, 6) is 7.92. The third kappa shape index (κ3) is 7.02. The largest absolute Gasteiger partial charge is 0.146 e. The van der Waals surface area contributed by atoms with Gasteiger partial charge >= 0.3 is 0 Å². The first-order valence-electron chi connectivity index (χ1n) is 20.2. The van der Waals surface area contributed by atoms with E-state index in [2.05, 4.69) is 203 Å². The lowest BCUT2D eigenvalue weighted by molar-refractivity contribution is 0.838. The van der Waals surface area contributed by atoms with E-state index in [0.717, 1.165) is 6.42 Å². The van der Waals surface area contributed by atoms with E-state index in [1.807, 2.05) is 0 Å². The minimum absolute atomic E-state index is 0.569. The molecule has 0 unspecified atom stereocenters. The maximum absolute atomic E-state index is 4.12. The highest BCUT2D eigenvalue weighted by molar-refractivity contribution is 6.91. The van der Waals surface area contributed by atoms with E-state index in [-0.39, 0.29) is 0 Å². The van der Waals surface area contributed by atoms with Crippen LogP contribution in [0.4, 0.5) is 0 Å². The molecule has 0 radical (unpaired) electrons. The Balaban J connectivity index is 1.61. The van der Waals surface area contributed by atoms with Crippen molar-refractivity contribution in [2.24, 2.45) is 0 Å². The minimum atomic E-state index is -1.98. The van der Waals surface area contributed by atoms with Crippen LogP contribution in [0.15, 0.2) is 97.1 Å². The van der Waals surface area contributed by atoms with Gasteiger partial charge in [0.25, 0.3) is 0 Å². The van der Waals surface area contributed by atoms with Crippen LogP contribution in [0.25, 0.3) is 43.1 Å². The molecule has 0 N–H and O–H groups in total. The van der Waals surface area contributed by atoms with Crippen molar-refractivity contribution >= 4 is 59.2 Å². The molecule has 0 saturated carbocycles. The molecular formula is C51H60Si2. The Kier molecular flexibility index (Phi) is 11.2. The van der Waals surface area contributed by atoms with E-state index >= 15 is 0 Å². The van der Waals surface area contributed by atoms with E-state index in [0.29, 0.717) is 33.2 Å². The topological polar surface area (TPSA) is 0 Å². The molecule has 0 aliphatic rings. The fourth-order valence-corrected chi connectivity index (χ4v) is 20.6. The SMILES string of the molecule is CC(C)[Si](C#Cc1c2ccccc2c(C#C[Si](C(C)C)(C(C)C)C(C)C)c2cc(Cc3ccc4cc5ccccc5cc4c3)ccc12)(C(C)C)C(C)C. The Hall–Kier alpha value is -4.09. The van der Waals surface area contributed by atoms with Crippen LogP contribution >= 0.6 is 0 Å². The first-order valence-corrected chi connectivity index (χ1v) is 24.6. The zero-order valence-electron chi connectivity index (χ0n) is 34.4. The lowest BCUT2D eigenvalue weighted by Gasteiger charge is -2.38. The molecule has 0 nitrogen and oxygen atoms in total. The Bertz CT molecular complexity index is 2370. The molecule has 0 bridgehead atoms. The molecule has 2 heteroatoms. The summed E-state index contributed by atoms with van der Waals surface area (Å²) in [6.07, 6.45) is 0.867. The van der Waals surface area contributed by atoms with Gasteiger partial charge in [-0.2, -0.15) is 0 Å². The van der Waals surface area contributed by atoms with Crippen LogP contribution in [0, 0.1) is 22.9 Å². The van der Waals surface area contributed by atoms with Gasteiger partial charge in [0.15, 0.2) is 0 Å². The average molecular weight is 729 g/mol. The van der Waals surface area contributed by atoms with Gasteiger partial charge in [-0.25, -0.2) is 0 Å². The minimum Gasteiger partial charge on any atom is -0.125 e. The Morgan fingerprint density at radius 1 is 0.377 bits per heavy atom. The van der Waals surface area contributed by atoms with Crippen molar-refractivity contribution in [3.05, 3.63) is 119 Å². The Morgan fingerprint density at radius 2 is 0.755 bits per heavy atom. The molecule has 0 spiro atoms. The van der Waals surface area contributed by atoms with Crippen molar-refractivity contribution in [1.29, 1.82) is 0 Å². The van der Waals surface area contributed by atoms with E-state index in [1.165, 1.54) is 65.3 Å². The number of benzene rings is 6. The lowest BCUT2D eigenvalue weighted by Crippen LogP contribution is -2.43. The van der Waals surface area contributed by atoms with E-state index in [1.54, 1.807) is 0 Å². The van der Waals surface area contributed by atoms with Crippen molar-refractivity contribution in [1.82, 2.24) is 0 Å². The Morgan fingerprint density at radius 3 is 1.25 bits per heavy atom. The van der Waals surface area contributed by atoms with Crippen molar-refractivity contribution in [2.75, 3.05) is 0 Å². The highest BCUT2D eigenvalue weighted by Crippen LogP contribution is 2.43. The first kappa shape index (κ1) is 38.6. The maximum Gasteiger partial charge on any atom is 0.146 e. The highest BCUT2D eigenvalue weighted by atomic mass is 28.3. The first-order chi connectivity index (χ1) is 25.2. The van der Waals surface area contributed by atoms with Gasteiger partial charge in [-0.1, -0.05) is 174 Å². The lowest BCUT2D eigenvalue weighted by atomic mass is 9.90. The molecule has 0 aromatic heterocycles. The highest BCUT2D eigenvalue weighted by Gasteiger charge is 2.42. The standard InChI is InChI=1S/C51H60Si2/c1-34(2)52(35(3)4,36(5)6)27-25-49-46-19-15-16-20-47(46)50(26-28-53(37(7)8,38(9)10)39(11)12)51-31-41(22-24-48(49)51)29-40-21-23-44-32-42-17-13-14-18-43(42)33-45(44)30-40/h13-24,30-39H,29H2,1-12H3. The molecule has 0 aliphatic carbocycles. The summed E-state index contributed by atoms with van der Waals surface area (Å²) >= 11 is 0. The second-order valence-electron chi connectivity index (χ2n) is 17.5. The summed E-state index contributed by atoms with van der Waals surface area (Å²) in [5, 5.41) is 10.1. The van der Waals surface area contributed by atoms with Crippen LogP contribution in [-0.4, -0.2) is 16.1 Å². The van der Waals surface area contributed by atoms with Crippen molar-refractivity contribution in [3.8, 4) is 22.9 Å². The molecule has 53 heavy (non-hydrogen) atoms. The molecule has 0 amide bonds. The van der Waals surface area contributed by atoms with Crippen molar-refractivity contribution < 1.29 is 0 Å². The molecule has 0 heterocycles. The monoisotopic (exact) mass is 728 g/mol. The molecule has 0 fully saturated rings. The quantitative estimate of drug-likeness (QED) is 0.0831. The summed E-state index contributed by atoms with van der Waals surface area (Å²) in [7, 11) is -3.94. The van der Waals surface area contributed by atoms with Crippen molar-refractivity contribution in [3.63, 3.8) is 0 Å². The molecule has 272 valence electrons. The van der Waals surface area contributed by atoms with Gasteiger partial charge < -0.3 is 0 Å². The van der Waals surface area contributed by atoms with Crippen LogP contribution in [0.1, 0.15) is 105 Å². The summed E-state index contributed by atoms with van der Waals surface area (Å²) in [6, 6.07) is 36.4. The Labute approximate surface area is 322 Å². The fraction of sp³-hybridized carbons (Fsp3) is 0.373. The second-order valence-corrected chi connectivity index (χ2v) is 28.7. The van der Waals surface area contributed by atoms with Crippen LogP contribution in [-0.2, 0) is 6.42 Å². The smallest absolute Gasteiger partial charge is 0.125 e. The van der Waals surface area contributed by atoms with E-state index in [4.69, 9.17) is 0 Å². The van der Waals surface area contributed by atoms with Crippen LogP contribution in [0.2, 0.25) is 33.2 Å². The fourth-order valence-electron chi connectivity index (χ4n) is 10.1. The third-order valence-corrected chi connectivity index (χ3v) is 25.4. The van der Waals surface area contributed by atoms with Crippen LogP contribution < -0.4 is 0 Å². The van der Waals surface area contributed by atoms with Gasteiger partial charge in [-0.15, -0.1) is 11.1 Å². The second kappa shape index (κ2) is 15.3.